The third kappa shape index (κ3) is 6.10. The zero-order chi connectivity index (χ0) is 21.6. The summed E-state index contributed by atoms with van der Waals surface area (Å²) >= 11 is 0. The fourth-order valence-corrected chi connectivity index (χ4v) is 4.85. The second-order valence-corrected chi connectivity index (χ2v) is 8.68. The molecule has 0 radical (unpaired) electrons. The largest absolute Gasteiger partial charge is 0.392 e. The van der Waals surface area contributed by atoms with Gasteiger partial charge in [0.05, 0.1) is 5.92 Å². The standard InChI is InChI=1S/C26H34F3N/c1-3-30(19-18-21-8-5-4-6-9-21)20(2)12-13-22-14-16-23(17-15-22)24-10-7-11-25(24)26(27,28)29/h4-6,8-9,14-17,20,24-25H,3,7,10-13,18-19H2,1-2H3. The number of hydrogen-bond acceptors (Lipinski definition) is 1. The third-order valence-corrected chi connectivity index (χ3v) is 6.76. The summed E-state index contributed by atoms with van der Waals surface area (Å²) in [6.45, 7) is 6.54. The Bertz CT molecular complexity index is 754. The van der Waals surface area contributed by atoms with Crippen LogP contribution in [0, 0.1) is 5.92 Å². The quantitative estimate of drug-likeness (QED) is 0.424. The molecule has 3 rings (SSSR count). The minimum atomic E-state index is -4.08. The molecule has 0 amide bonds. The van der Waals surface area contributed by atoms with Crippen molar-refractivity contribution in [1.82, 2.24) is 4.90 Å². The Kier molecular flexibility index (Phi) is 7.99. The van der Waals surface area contributed by atoms with Crippen LogP contribution in [-0.2, 0) is 12.8 Å². The maximum absolute atomic E-state index is 13.3. The van der Waals surface area contributed by atoms with Gasteiger partial charge in [-0.2, -0.15) is 13.2 Å². The Labute approximate surface area is 179 Å². The van der Waals surface area contributed by atoms with Crippen molar-refractivity contribution in [2.45, 2.75) is 70.5 Å². The summed E-state index contributed by atoms with van der Waals surface area (Å²) in [7, 11) is 0. The molecule has 4 heteroatoms. The highest BCUT2D eigenvalue weighted by molar-refractivity contribution is 5.27. The molecule has 1 nitrogen and oxygen atoms in total. The van der Waals surface area contributed by atoms with Crippen LogP contribution in [0.2, 0.25) is 0 Å². The smallest absolute Gasteiger partial charge is 0.301 e. The summed E-state index contributed by atoms with van der Waals surface area (Å²) in [4.78, 5) is 2.51. The molecule has 1 saturated carbocycles. The van der Waals surface area contributed by atoms with Gasteiger partial charge in [-0.15, -0.1) is 0 Å². The maximum Gasteiger partial charge on any atom is 0.392 e. The first-order chi connectivity index (χ1) is 14.4. The van der Waals surface area contributed by atoms with E-state index in [9.17, 15) is 13.2 Å². The van der Waals surface area contributed by atoms with Crippen molar-refractivity contribution in [3.8, 4) is 0 Å². The Hall–Kier alpha value is -1.81. The summed E-state index contributed by atoms with van der Waals surface area (Å²) in [5, 5.41) is 0. The van der Waals surface area contributed by atoms with Crippen molar-refractivity contribution in [3.05, 3.63) is 71.3 Å². The first-order valence-electron chi connectivity index (χ1n) is 11.3. The Morgan fingerprint density at radius 2 is 1.60 bits per heavy atom. The lowest BCUT2D eigenvalue weighted by molar-refractivity contribution is -0.176. The van der Waals surface area contributed by atoms with Crippen molar-refractivity contribution in [1.29, 1.82) is 0 Å². The fraction of sp³-hybridized carbons (Fsp3) is 0.538. The molecule has 164 valence electrons. The van der Waals surface area contributed by atoms with Gasteiger partial charge in [0.1, 0.15) is 0 Å². The van der Waals surface area contributed by atoms with Gasteiger partial charge in [-0.3, -0.25) is 0 Å². The van der Waals surface area contributed by atoms with Gasteiger partial charge in [0.2, 0.25) is 0 Å². The van der Waals surface area contributed by atoms with E-state index in [4.69, 9.17) is 0 Å². The van der Waals surface area contributed by atoms with Crippen LogP contribution in [0.25, 0.3) is 0 Å². The molecule has 0 saturated heterocycles. The number of alkyl halides is 3. The number of hydrogen-bond donors (Lipinski definition) is 0. The lowest BCUT2D eigenvalue weighted by Crippen LogP contribution is -2.35. The van der Waals surface area contributed by atoms with E-state index in [1.54, 1.807) is 0 Å². The van der Waals surface area contributed by atoms with Crippen LogP contribution in [0.1, 0.15) is 62.1 Å². The van der Waals surface area contributed by atoms with Crippen LogP contribution in [0.3, 0.4) is 0 Å². The van der Waals surface area contributed by atoms with E-state index in [0.717, 1.165) is 37.9 Å². The van der Waals surface area contributed by atoms with Gasteiger partial charge >= 0.3 is 6.18 Å². The van der Waals surface area contributed by atoms with Crippen LogP contribution >= 0.6 is 0 Å². The van der Waals surface area contributed by atoms with E-state index in [2.05, 4.69) is 43.0 Å². The lowest BCUT2D eigenvalue weighted by Gasteiger charge is -2.28. The van der Waals surface area contributed by atoms with E-state index in [1.165, 1.54) is 11.1 Å². The Morgan fingerprint density at radius 1 is 0.933 bits per heavy atom. The van der Waals surface area contributed by atoms with E-state index in [-0.39, 0.29) is 12.3 Å². The van der Waals surface area contributed by atoms with Crippen LogP contribution in [0.4, 0.5) is 13.2 Å². The molecule has 0 aromatic heterocycles. The number of halogens is 3. The number of rotatable bonds is 9. The van der Waals surface area contributed by atoms with Crippen molar-refractivity contribution in [2.75, 3.05) is 13.1 Å². The highest BCUT2D eigenvalue weighted by Crippen LogP contribution is 2.48. The maximum atomic E-state index is 13.3. The van der Waals surface area contributed by atoms with Crippen LogP contribution in [0.15, 0.2) is 54.6 Å². The minimum absolute atomic E-state index is 0.267. The van der Waals surface area contributed by atoms with Crippen molar-refractivity contribution >= 4 is 0 Å². The molecule has 0 bridgehead atoms. The normalized spacial score (nSPS) is 20.6. The summed E-state index contributed by atoms with van der Waals surface area (Å²) in [6, 6.07) is 19.0. The lowest BCUT2D eigenvalue weighted by atomic mass is 9.87. The Balaban J connectivity index is 1.51. The van der Waals surface area contributed by atoms with Gasteiger partial charge in [-0.25, -0.2) is 0 Å². The van der Waals surface area contributed by atoms with Crippen molar-refractivity contribution < 1.29 is 13.2 Å². The SMILES string of the molecule is CCN(CCc1ccccc1)C(C)CCc1ccc(C2CCCC2C(F)(F)F)cc1. The highest BCUT2D eigenvalue weighted by Gasteiger charge is 2.47. The summed E-state index contributed by atoms with van der Waals surface area (Å²) < 4.78 is 39.8. The number of likely N-dealkylation sites (N-methyl/N-ethyl adjacent to an activating group) is 1. The zero-order valence-electron chi connectivity index (χ0n) is 18.2. The second kappa shape index (κ2) is 10.5. The molecule has 1 aliphatic rings. The van der Waals surface area contributed by atoms with Crippen LogP contribution < -0.4 is 0 Å². The molecule has 3 unspecified atom stereocenters. The molecular formula is C26H34F3N. The topological polar surface area (TPSA) is 3.24 Å². The van der Waals surface area contributed by atoms with E-state index in [0.29, 0.717) is 18.9 Å². The molecule has 1 fully saturated rings. The monoisotopic (exact) mass is 417 g/mol. The van der Waals surface area contributed by atoms with E-state index >= 15 is 0 Å². The molecule has 0 aliphatic heterocycles. The molecule has 0 spiro atoms. The number of benzene rings is 2. The molecule has 3 atom stereocenters. The molecule has 30 heavy (non-hydrogen) atoms. The van der Waals surface area contributed by atoms with Crippen molar-refractivity contribution in [3.63, 3.8) is 0 Å². The van der Waals surface area contributed by atoms with Gasteiger partial charge in [0, 0.05) is 12.6 Å². The van der Waals surface area contributed by atoms with Crippen molar-refractivity contribution in [2.24, 2.45) is 5.92 Å². The van der Waals surface area contributed by atoms with E-state index in [1.807, 2.05) is 30.3 Å². The number of nitrogens with zero attached hydrogens (tertiary/aromatic N) is 1. The fourth-order valence-electron chi connectivity index (χ4n) is 4.85. The summed E-state index contributed by atoms with van der Waals surface area (Å²) in [5.41, 5.74) is 3.43. The summed E-state index contributed by atoms with van der Waals surface area (Å²) in [6.07, 6.45) is 0.558. The van der Waals surface area contributed by atoms with Gasteiger partial charge < -0.3 is 4.90 Å². The number of aryl methyl sites for hydroxylation is 1. The summed E-state index contributed by atoms with van der Waals surface area (Å²) in [5.74, 6) is -1.54. The molecule has 0 heterocycles. The Morgan fingerprint density at radius 3 is 2.23 bits per heavy atom. The molecule has 2 aromatic rings. The minimum Gasteiger partial charge on any atom is -0.301 e. The highest BCUT2D eigenvalue weighted by atomic mass is 19.4. The molecule has 1 aliphatic carbocycles. The van der Waals surface area contributed by atoms with Gasteiger partial charge in [0.15, 0.2) is 0 Å². The van der Waals surface area contributed by atoms with Crippen LogP contribution in [0.5, 0.6) is 0 Å². The molecule has 2 aromatic carbocycles. The predicted molar refractivity (Wildman–Crippen MR) is 118 cm³/mol. The second-order valence-electron chi connectivity index (χ2n) is 8.68. The zero-order valence-corrected chi connectivity index (χ0v) is 18.2. The third-order valence-electron chi connectivity index (χ3n) is 6.76. The molecular weight excluding hydrogens is 383 g/mol. The molecule has 0 N–H and O–H groups in total. The first-order valence-corrected chi connectivity index (χ1v) is 11.3. The van der Waals surface area contributed by atoms with Gasteiger partial charge in [-0.1, -0.05) is 67.9 Å². The average molecular weight is 418 g/mol. The first kappa shape index (κ1) is 22.9. The van der Waals surface area contributed by atoms with Crippen LogP contribution in [-0.4, -0.2) is 30.2 Å². The van der Waals surface area contributed by atoms with Gasteiger partial charge in [-0.05, 0) is 68.2 Å². The van der Waals surface area contributed by atoms with Gasteiger partial charge in [0.25, 0.3) is 0 Å². The predicted octanol–water partition coefficient (Wildman–Crippen LogP) is 7.02. The average Bonchev–Trinajstić information content (AvgIpc) is 3.24. The van der Waals surface area contributed by atoms with E-state index < -0.39 is 12.1 Å².